The summed E-state index contributed by atoms with van der Waals surface area (Å²) in [5, 5.41) is 10.7. The minimum atomic E-state index is 0.195. The molecule has 4 rings (SSSR count). The molecule has 0 aromatic carbocycles. The summed E-state index contributed by atoms with van der Waals surface area (Å²) >= 11 is 1.65. The first-order valence-corrected chi connectivity index (χ1v) is 7.56. The molecule has 1 atom stereocenters. The first-order valence-electron chi connectivity index (χ1n) is 6.68. The van der Waals surface area contributed by atoms with Gasteiger partial charge in [-0.05, 0) is 17.5 Å². The van der Waals surface area contributed by atoms with E-state index in [2.05, 4.69) is 25.3 Å². The standard InChI is InChI=1S/C14H14N6S/c1-19-9-10(7-17-19)11-8-16-14-13(15-4-5-20(11)14)18-12-3-2-6-21-12/h2-7,9,11H,8H2,1H3,(H,15,18). The molecular weight excluding hydrogens is 284 g/mol. The number of hydrogen-bond donors (Lipinski definition) is 1. The molecule has 0 amide bonds. The Bertz CT molecular complexity index is 739. The van der Waals surface area contributed by atoms with Crippen molar-refractivity contribution in [3.63, 3.8) is 0 Å². The summed E-state index contributed by atoms with van der Waals surface area (Å²) in [6.45, 7) is 0.719. The van der Waals surface area contributed by atoms with Crippen LogP contribution in [0.1, 0.15) is 11.6 Å². The Morgan fingerprint density at radius 2 is 2.38 bits per heavy atom. The fourth-order valence-corrected chi connectivity index (χ4v) is 3.15. The third kappa shape index (κ3) is 2.15. The van der Waals surface area contributed by atoms with Crippen LogP contribution < -0.4 is 5.32 Å². The lowest BCUT2D eigenvalue weighted by molar-refractivity contribution is 0.458. The molecular formula is C14H14N6S. The topological polar surface area (TPSA) is 57.8 Å². The molecule has 0 saturated heterocycles. The van der Waals surface area contributed by atoms with Gasteiger partial charge in [0.1, 0.15) is 0 Å². The van der Waals surface area contributed by atoms with Gasteiger partial charge in [-0.2, -0.15) is 5.10 Å². The van der Waals surface area contributed by atoms with E-state index in [4.69, 9.17) is 0 Å². The van der Waals surface area contributed by atoms with Gasteiger partial charge in [0, 0.05) is 31.2 Å². The lowest BCUT2D eigenvalue weighted by Crippen LogP contribution is -2.36. The molecule has 2 aliphatic heterocycles. The van der Waals surface area contributed by atoms with Gasteiger partial charge in [0.05, 0.1) is 23.8 Å². The number of aryl methyl sites for hydroxylation is 1. The molecule has 21 heavy (non-hydrogen) atoms. The quantitative estimate of drug-likeness (QED) is 0.925. The Kier molecular flexibility index (Phi) is 2.85. The molecule has 2 aliphatic rings. The van der Waals surface area contributed by atoms with Crippen molar-refractivity contribution < 1.29 is 0 Å². The molecule has 7 heteroatoms. The highest BCUT2D eigenvalue weighted by Crippen LogP contribution is 2.29. The number of amidine groups is 2. The molecule has 0 saturated carbocycles. The number of nitrogens with one attached hydrogen (secondary N) is 1. The molecule has 0 radical (unpaired) electrons. The van der Waals surface area contributed by atoms with Crippen molar-refractivity contribution in [3.05, 3.63) is 47.9 Å². The maximum atomic E-state index is 4.65. The molecule has 1 N–H and O–H groups in total. The van der Waals surface area contributed by atoms with Crippen molar-refractivity contribution >= 4 is 28.0 Å². The van der Waals surface area contributed by atoms with Crippen molar-refractivity contribution in [1.82, 2.24) is 14.7 Å². The van der Waals surface area contributed by atoms with Gasteiger partial charge >= 0.3 is 0 Å². The van der Waals surface area contributed by atoms with Crippen molar-refractivity contribution in [1.29, 1.82) is 0 Å². The number of nitrogens with zero attached hydrogens (tertiary/aromatic N) is 5. The summed E-state index contributed by atoms with van der Waals surface area (Å²) in [5.74, 6) is 1.69. The smallest absolute Gasteiger partial charge is 0.174 e. The summed E-state index contributed by atoms with van der Waals surface area (Å²) in [5.41, 5.74) is 1.17. The number of anilines is 1. The molecule has 106 valence electrons. The van der Waals surface area contributed by atoms with Crippen molar-refractivity contribution in [2.24, 2.45) is 17.0 Å². The second-order valence-electron chi connectivity index (χ2n) is 4.91. The number of aromatic nitrogens is 2. The van der Waals surface area contributed by atoms with Gasteiger partial charge in [-0.1, -0.05) is 0 Å². The van der Waals surface area contributed by atoms with Gasteiger partial charge < -0.3 is 10.2 Å². The minimum Gasteiger partial charge on any atom is -0.329 e. The maximum Gasteiger partial charge on any atom is 0.174 e. The summed E-state index contributed by atoms with van der Waals surface area (Å²) in [6, 6.07) is 4.24. The van der Waals surface area contributed by atoms with E-state index in [1.54, 1.807) is 11.3 Å². The SMILES string of the molecule is Cn1cc(C2CN=C3C(Nc4cccs4)=NC=CN32)cn1. The van der Waals surface area contributed by atoms with E-state index in [0.717, 1.165) is 23.2 Å². The zero-order chi connectivity index (χ0) is 14.2. The van der Waals surface area contributed by atoms with Crippen LogP contribution in [0.5, 0.6) is 0 Å². The first kappa shape index (κ1) is 12.3. The van der Waals surface area contributed by atoms with Gasteiger partial charge in [0.15, 0.2) is 11.7 Å². The zero-order valence-electron chi connectivity index (χ0n) is 11.5. The van der Waals surface area contributed by atoms with Gasteiger partial charge in [0.2, 0.25) is 0 Å². The Morgan fingerprint density at radius 1 is 1.43 bits per heavy atom. The predicted octanol–water partition coefficient (Wildman–Crippen LogP) is 2.23. The van der Waals surface area contributed by atoms with Crippen molar-refractivity contribution in [3.8, 4) is 0 Å². The molecule has 4 heterocycles. The molecule has 2 aromatic rings. The maximum absolute atomic E-state index is 4.65. The van der Waals surface area contributed by atoms with E-state index in [1.807, 2.05) is 54.0 Å². The Balaban J connectivity index is 1.59. The van der Waals surface area contributed by atoms with Crippen LogP contribution in [0.15, 0.2) is 52.3 Å². The van der Waals surface area contributed by atoms with Crippen LogP contribution >= 0.6 is 11.3 Å². The average Bonchev–Trinajstić information content (AvgIpc) is 3.18. The highest BCUT2D eigenvalue weighted by Gasteiger charge is 2.32. The number of fused-ring (bicyclic) bond motifs is 1. The van der Waals surface area contributed by atoms with E-state index in [9.17, 15) is 0 Å². The van der Waals surface area contributed by atoms with Gasteiger partial charge in [-0.25, -0.2) is 4.99 Å². The highest BCUT2D eigenvalue weighted by atomic mass is 32.1. The predicted molar refractivity (Wildman–Crippen MR) is 84.6 cm³/mol. The average molecular weight is 298 g/mol. The van der Waals surface area contributed by atoms with Crippen LogP contribution in [-0.4, -0.2) is 32.9 Å². The highest BCUT2D eigenvalue weighted by molar-refractivity contribution is 7.14. The number of rotatable bonds is 2. The molecule has 6 nitrogen and oxygen atoms in total. The normalized spacial score (nSPS) is 20.2. The fourth-order valence-electron chi connectivity index (χ4n) is 2.53. The van der Waals surface area contributed by atoms with Gasteiger partial charge in [-0.15, -0.1) is 11.3 Å². The van der Waals surface area contributed by atoms with Gasteiger partial charge in [0.25, 0.3) is 0 Å². The third-order valence-electron chi connectivity index (χ3n) is 3.51. The fraction of sp³-hybridized carbons (Fsp3) is 0.214. The van der Waals surface area contributed by atoms with E-state index in [-0.39, 0.29) is 6.04 Å². The van der Waals surface area contributed by atoms with E-state index in [0.29, 0.717) is 0 Å². The Labute approximate surface area is 126 Å². The van der Waals surface area contributed by atoms with Gasteiger partial charge in [-0.3, -0.25) is 9.67 Å². The number of aliphatic imine (C=N–C) groups is 2. The molecule has 0 aliphatic carbocycles. The number of thiophene rings is 1. The minimum absolute atomic E-state index is 0.195. The van der Waals surface area contributed by atoms with Crippen molar-refractivity contribution in [2.45, 2.75) is 6.04 Å². The lowest BCUT2D eigenvalue weighted by Gasteiger charge is -2.26. The second-order valence-corrected chi connectivity index (χ2v) is 5.86. The van der Waals surface area contributed by atoms with Crippen LogP contribution in [0.2, 0.25) is 0 Å². The third-order valence-corrected chi connectivity index (χ3v) is 4.29. The molecule has 0 fully saturated rings. The van der Waals surface area contributed by atoms with Crippen LogP contribution in [0.4, 0.5) is 5.00 Å². The van der Waals surface area contributed by atoms with Crippen molar-refractivity contribution in [2.75, 3.05) is 11.9 Å². The van der Waals surface area contributed by atoms with E-state index in [1.165, 1.54) is 5.56 Å². The van der Waals surface area contributed by atoms with Crippen LogP contribution in [0, 0.1) is 0 Å². The molecule has 2 aromatic heterocycles. The summed E-state index contributed by atoms with van der Waals surface area (Å²) in [6.07, 6.45) is 7.72. The first-order chi connectivity index (χ1) is 10.3. The Hall–Kier alpha value is -2.41. The summed E-state index contributed by atoms with van der Waals surface area (Å²) in [7, 11) is 1.93. The molecule has 0 spiro atoms. The largest absolute Gasteiger partial charge is 0.329 e. The number of hydrogen-bond acceptors (Lipinski definition) is 6. The second kappa shape index (κ2) is 4.85. The molecule has 0 bridgehead atoms. The summed E-state index contributed by atoms with van der Waals surface area (Å²) in [4.78, 5) is 11.2. The monoisotopic (exact) mass is 298 g/mol. The van der Waals surface area contributed by atoms with Crippen LogP contribution in [0.3, 0.4) is 0 Å². The zero-order valence-corrected chi connectivity index (χ0v) is 12.3. The Morgan fingerprint density at radius 3 is 3.14 bits per heavy atom. The van der Waals surface area contributed by atoms with E-state index < -0.39 is 0 Å². The molecule has 1 unspecified atom stereocenters. The summed E-state index contributed by atoms with van der Waals surface area (Å²) < 4.78 is 1.82. The van der Waals surface area contributed by atoms with E-state index >= 15 is 0 Å². The van der Waals surface area contributed by atoms with Crippen LogP contribution in [0.25, 0.3) is 0 Å². The lowest BCUT2D eigenvalue weighted by atomic mass is 10.1. The van der Waals surface area contributed by atoms with Crippen LogP contribution in [-0.2, 0) is 7.05 Å².